The van der Waals surface area contributed by atoms with Gasteiger partial charge < -0.3 is 39.4 Å². The number of benzene rings is 1. The van der Waals surface area contributed by atoms with Crippen LogP contribution in [0.5, 0.6) is 5.75 Å². The zero-order valence-electron chi connectivity index (χ0n) is 19.1. The summed E-state index contributed by atoms with van der Waals surface area (Å²) < 4.78 is 20.4. The molecule has 0 saturated heterocycles. The SMILES string of the molecule is CCCCCCCOc1cccc(CCC(=O)OC[C@@H](O)COP(O)OC[C@H](N)C(=O)O)c1. The summed E-state index contributed by atoms with van der Waals surface area (Å²) in [6.45, 7) is 1.76. The summed E-state index contributed by atoms with van der Waals surface area (Å²) in [5, 5.41) is 18.4. The van der Waals surface area contributed by atoms with Crippen molar-refractivity contribution in [2.24, 2.45) is 5.73 Å². The van der Waals surface area contributed by atoms with Crippen LogP contribution in [-0.2, 0) is 29.8 Å². The minimum Gasteiger partial charge on any atom is -0.494 e. The summed E-state index contributed by atoms with van der Waals surface area (Å²) in [4.78, 5) is 32.0. The smallest absolute Gasteiger partial charge is 0.330 e. The Kier molecular flexibility index (Phi) is 15.6. The Morgan fingerprint density at radius 3 is 2.55 bits per heavy atom. The van der Waals surface area contributed by atoms with Crippen molar-refractivity contribution >= 4 is 20.5 Å². The van der Waals surface area contributed by atoms with Crippen molar-refractivity contribution in [1.29, 1.82) is 0 Å². The molecule has 0 bridgehead atoms. The highest BCUT2D eigenvalue weighted by Gasteiger charge is 2.17. The summed E-state index contributed by atoms with van der Waals surface area (Å²) in [5.74, 6) is -0.982. The molecule has 0 fully saturated rings. The van der Waals surface area contributed by atoms with Crippen LogP contribution in [-0.4, -0.2) is 65.6 Å². The lowest BCUT2D eigenvalue weighted by molar-refractivity contribution is -0.147. The van der Waals surface area contributed by atoms with Gasteiger partial charge in [-0.25, -0.2) is 0 Å². The van der Waals surface area contributed by atoms with E-state index in [4.69, 9.17) is 29.4 Å². The predicted molar refractivity (Wildman–Crippen MR) is 123 cm³/mol. The van der Waals surface area contributed by atoms with Crippen LogP contribution in [0, 0.1) is 0 Å². The summed E-state index contributed by atoms with van der Waals surface area (Å²) in [7, 11) is -2.40. The largest absolute Gasteiger partial charge is 0.494 e. The maximum atomic E-state index is 11.9. The Morgan fingerprint density at radius 1 is 1.09 bits per heavy atom. The first kappa shape index (κ1) is 29.2. The number of carbonyl (C=O) groups is 2. The average molecular weight is 490 g/mol. The Labute approximate surface area is 196 Å². The Morgan fingerprint density at radius 2 is 1.82 bits per heavy atom. The number of aliphatic carboxylic acids is 1. The number of rotatable bonds is 19. The molecule has 3 atom stereocenters. The van der Waals surface area contributed by atoms with Crippen LogP contribution in [0.1, 0.15) is 51.0 Å². The first-order valence-corrected chi connectivity index (χ1v) is 12.2. The van der Waals surface area contributed by atoms with Crippen molar-refractivity contribution < 1.29 is 43.2 Å². The van der Waals surface area contributed by atoms with E-state index in [0.717, 1.165) is 24.2 Å². The van der Waals surface area contributed by atoms with E-state index >= 15 is 0 Å². The second kappa shape index (κ2) is 17.6. The molecule has 1 aromatic carbocycles. The highest BCUT2D eigenvalue weighted by molar-refractivity contribution is 7.40. The van der Waals surface area contributed by atoms with Crippen molar-refractivity contribution in [3.63, 3.8) is 0 Å². The molecule has 0 aromatic heterocycles. The molecule has 0 radical (unpaired) electrons. The van der Waals surface area contributed by atoms with E-state index in [1.165, 1.54) is 19.3 Å². The summed E-state index contributed by atoms with van der Waals surface area (Å²) in [6, 6.07) is 6.29. The number of hydrogen-bond donors (Lipinski definition) is 4. The lowest BCUT2D eigenvalue weighted by atomic mass is 10.1. The van der Waals surface area contributed by atoms with Crippen LogP contribution < -0.4 is 10.5 Å². The summed E-state index contributed by atoms with van der Waals surface area (Å²) in [6.07, 6.45) is 5.29. The molecule has 0 aliphatic heterocycles. The molecule has 1 unspecified atom stereocenters. The molecule has 188 valence electrons. The number of nitrogens with two attached hydrogens (primary N) is 1. The van der Waals surface area contributed by atoms with Gasteiger partial charge in [0, 0.05) is 6.42 Å². The van der Waals surface area contributed by atoms with Gasteiger partial charge in [-0.2, -0.15) is 0 Å². The van der Waals surface area contributed by atoms with Gasteiger partial charge >= 0.3 is 20.5 Å². The number of aliphatic hydroxyl groups is 1. The van der Waals surface area contributed by atoms with Crippen molar-refractivity contribution in [2.75, 3.05) is 26.4 Å². The Bertz CT molecular complexity index is 692. The lowest BCUT2D eigenvalue weighted by Gasteiger charge is -2.15. The number of carboxylic acid groups (broad SMARTS) is 1. The van der Waals surface area contributed by atoms with E-state index in [-0.39, 0.29) is 19.6 Å². The molecule has 1 aromatic rings. The summed E-state index contributed by atoms with van der Waals surface area (Å²) in [5.41, 5.74) is 6.17. The topological polar surface area (TPSA) is 158 Å². The van der Waals surface area contributed by atoms with Crippen molar-refractivity contribution in [3.05, 3.63) is 29.8 Å². The third-order valence-electron chi connectivity index (χ3n) is 4.53. The minimum atomic E-state index is -2.40. The fourth-order valence-electron chi connectivity index (χ4n) is 2.64. The molecule has 10 nitrogen and oxygen atoms in total. The van der Waals surface area contributed by atoms with Gasteiger partial charge in [0.2, 0.25) is 0 Å². The number of carboxylic acids is 1. The molecule has 1 rings (SSSR count). The zero-order valence-corrected chi connectivity index (χ0v) is 20.0. The van der Waals surface area contributed by atoms with Crippen LogP contribution in [0.2, 0.25) is 0 Å². The first-order valence-electron chi connectivity index (χ1n) is 11.1. The predicted octanol–water partition coefficient (Wildman–Crippen LogP) is 2.54. The van der Waals surface area contributed by atoms with Gasteiger partial charge in [0.1, 0.15) is 24.5 Å². The average Bonchev–Trinajstić information content (AvgIpc) is 2.80. The molecule has 0 saturated carbocycles. The second-order valence-corrected chi connectivity index (χ2v) is 8.51. The number of aliphatic hydroxyl groups excluding tert-OH is 1. The molecular weight excluding hydrogens is 453 g/mol. The van der Waals surface area contributed by atoms with Crippen LogP contribution >= 0.6 is 8.60 Å². The fourth-order valence-corrected chi connectivity index (χ4v) is 3.31. The number of carbonyl (C=O) groups excluding carboxylic acids is 1. The monoisotopic (exact) mass is 489 g/mol. The molecule has 0 aliphatic carbocycles. The third-order valence-corrected chi connectivity index (χ3v) is 5.27. The molecule has 0 amide bonds. The minimum absolute atomic E-state index is 0.136. The maximum absolute atomic E-state index is 11.9. The fraction of sp³-hybridized carbons (Fsp3) is 0.636. The van der Waals surface area contributed by atoms with E-state index in [2.05, 4.69) is 6.92 Å². The van der Waals surface area contributed by atoms with Crippen molar-refractivity contribution in [2.45, 2.75) is 64.0 Å². The van der Waals surface area contributed by atoms with E-state index in [0.29, 0.717) is 13.0 Å². The van der Waals surface area contributed by atoms with Crippen LogP contribution in [0.3, 0.4) is 0 Å². The van der Waals surface area contributed by atoms with Crippen molar-refractivity contribution in [1.82, 2.24) is 0 Å². The number of esters is 1. The number of unbranched alkanes of at least 4 members (excludes halogenated alkanes) is 4. The van der Waals surface area contributed by atoms with Crippen LogP contribution in [0.4, 0.5) is 0 Å². The van der Waals surface area contributed by atoms with Gasteiger partial charge in [-0.1, -0.05) is 44.7 Å². The van der Waals surface area contributed by atoms with Gasteiger partial charge in [0.15, 0.2) is 0 Å². The molecular formula is C22H36NO9P. The van der Waals surface area contributed by atoms with E-state index in [9.17, 15) is 19.6 Å². The van der Waals surface area contributed by atoms with Gasteiger partial charge in [0.05, 0.1) is 19.8 Å². The molecule has 33 heavy (non-hydrogen) atoms. The molecule has 0 heterocycles. The highest BCUT2D eigenvalue weighted by Crippen LogP contribution is 2.32. The number of hydrogen-bond acceptors (Lipinski definition) is 9. The first-order chi connectivity index (χ1) is 15.8. The molecule has 11 heteroatoms. The quantitative estimate of drug-likeness (QED) is 0.129. The van der Waals surface area contributed by atoms with Crippen LogP contribution in [0.15, 0.2) is 24.3 Å². The zero-order chi connectivity index (χ0) is 24.5. The highest BCUT2D eigenvalue weighted by atomic mass is 31.2. The van der Waals surface area contributed by atoms with Gasteiger partial charge in [0.25, 0.3) is 0 Å². The molecule has 5 N–H and O–H groups in total. The van der Waals surface area contributed by atoms with E-state index in [1.54, 1.807) is 0 Å². The number of ether oxygens (including phenoxy) is 2. The normalized spacial score (nSPS) is 13.8. The van der Waals surface area contributed by atoms with Gasteiger partial charge in [-0.05, 0) is 30.5 Å². The standard InChI is InChI=1S/C22H36NO9P/c1-2-3-4-5-6-12-29-19-9-7-8-17(13-19)10-11-21(25)30-14-18(24)15-31-33(28)32-16-20(23)22(26)27/h7-9,13,18,20,24,28H,2-6,10-12,14-16,23H2,1H3,(H,26,27)/t18-,20+,33?/m1/s1. The third kappa shape index (κ3) is 14.9. The number of aryl methyl sites for hydroxylation is 1. The van der Waals surface area contributed by atoms with Crippen molar-refractivity contribution in [3.8, 4) is 5.75 Å². The van der Waals surface area contributed by atoms with E-state index in [1.807, 2.05) is 24.3 Å². The van der Waals surface area contributed by atoms with E-state index < -0.39 is 39.3 Å². The maximum Gasteiger partial charge on any atom is 0.330 e. The van der Waals surface area contributed by atoms with Gasteiger partial charge in [-0.3, -0.25) is 9.59 Å². The second-order valence-electron chi connectivity index (χ2n) is 7.52. The Balaban J connectivity index is 2.20. The lowest BCUT2D eigenvalue weighted by Crippen LogP contribution is -2.34. The van der Waals surface area contributed by atoms with Crippen LogP contribution in [0.25, 0.3) is 0 Å². The molecule has 0 aliphatic rings. The Hall–Kier alpha value is -1.81. The summed E-state index contributed by atoms with van der Waals surface area (Å²) >= 11 is 0. The molecule has 0 spiro atoms. The van der Waals surface area contributed by atoms with Gasteiger partial charge in [-0.15, -0.1) is 0 Å².